The van der Waals surface area contributed by atoms with E-state index < -0.39 is 0 Å². The zero-order valence-corrected chi connectivity index (χ0v) is 14.8. The molecule has 2 N–H and O–H groups in total. The molecule has 0 spiro atoms. The van der Waals surface area contributed by atoms with Crippen molar-refractivity contribution in [3.05, 3.63) is 69.9 Å². The van der Waals surface area contributed by atoms with Crippen molar-refractivity contribution in [3.63, 3.8) is 0 Å². The molecule has 2 aliphatic heterocycles. The van der Waals surface area contributed by atoms with Gasteiger partial charge in [-0.1, -0.05) is 36.4 Å². The Kier molecular flexibility index (Phi) is 3.67. The van der Waals surface area contributed by atoms with Crippen molar-refractivity contribution in [2.24, 2.45) is 5.92 Å². The third-order valence-electron chi connectivity index (χ3n) is 4.93. The van der Waals surface area contributed by atoms with Gasteiger partial charge in [-0.05, 0) is 17.0 Å². The molecule has 7 heteroatoms. The molecule has 2 fully saturated rings. The standard InChI is InChI=1S/C18H16N4OS2/c23-17-15-13(14(20-21-15)12-7-4-9-24-12)16(11-5-2-1-3-6-11)22(17)18-19-8-10-25-18/h1-10,13-16,20-21H. The van der Waals surface area contributed by atoms with Crippen LogP contribution in [0.5, 0.6) is 0 Å². The number of fused-ring (bicyclic) bond motifs is 1. The maximum Gasteiger partial charge on any atom is 0.248 e. The summed E-state index contributed by atoms with van der Waals surface area (Å²) in [6.45, 7) is 0. The van der Waals surface area contributed by atoms with E-state index in [2.05, 4.69) is 45.5 Å². The first-order valence-corrected chi connectivity index (χ1v) is 9.92. The number of hydrazine groups is 1. The summed E-state index contributed by atoms with van der Waals surface area (Å²) in [4.78, 5) is 20.7. The Bertz CT molecular complexity index is 866. The molecule has 0 bridgehead atoms. The SMILES string of the molecule is O=C1C2NNC(c3cccs3)C2C(c2ccccc2)N1c1nccs1. The number of carbonyl (C=O) groups excluding carboxylic acids is 1. The maximum atomic E-state index is 13.2. The summed E-state index contributed by atoms with van der Waals surface area (Å²) in [5.74, 6) is 0.192. The average molecular weight is 368 g/mol. The number of thiophene rings is 1. The smallest absolute Gasteiger partial charge is 0.248 e. The van der Waals surface area contributed by atoms with E-state index >= 15 is 0 Å². The van der Waals surface area contributed by atoms with Crippen molar-refractivity contribution < 1.29 is 4.79 Å². The molecule has 126 valence electrons. The number of nitrogens with zero attached hydrogens (tertiary/aromatic N) is 2. The van der Waals surface area contributed by atoms with Crippen LogP contribution in [0.2, 0.25) is 0 Å². The minimum atomic E-state index is -0.249. The van der Waals surface area contributed by atoms with Gasteiger partial charge in [0.1, 0.15) is 6.04 Å². The van der Waals surface area contributed by atoms with Gasteiger partial charge in [-0.15, -0.1) is 22.7 Å². The van der Waals surface area contributed by atoms with Crippen LogP contribution in [-0.2, 0) is 4.79 Å². The highest BCUT2D eigenvalue weighted by Gasteiger charge is 2.56. The normalized spacial score (nSPS) is 28.5. The molecule has 5 rings (SSSR count). The van der Waals surface area contributed by atoms with E-state index in [4.69, 9.17) is 0 Å². The summed E-state index contributed by atoms with van der Waals surface area (Å²) in [5, 5.41) is 4.76. The van der Waals surface area contributed by atoms with E-state index in [0.717, 1.165) is 10.7 Å². The lowest BCUT2D eigenvalue weighted by Crippen LogP contribution is -2.41. The largest absolute Gasteiger partial charge is 0.279 e. The number of nitrogens with one attached hydrogen (secondary N) is 2. The van der Waals surface area contributed by atoms with Crippen LogP contribution >= 0.6 is 22.7 Å². The van der Waals surface area contributed by atoms with Crippen molar-refractivity contribution in [1.82, 2.24) is 15.8 Å². The molecule has 0 radical (unpaired) electrons. The molecule has 0 saturated carbocycles. The highest BCUT2D eigenvalue weighted by atomic mass is 32.1. The zero-order chi connectivity index (χ0) is 16.8. The van der Waals surface area contributed by atoms with Crippen LogP contribution in [-0.4, -0.2) is 16.9 Å². The van der Waals surface area contributed by atoms with Gasteiger partial charge in [0.05, 0.1) is 12.1 Å². The Morgan fingerprint density at radius 1 is 0.960 bits per heavy atom. The van der Waals surface area contributed by atoms with Gasteiger partial charge in [0.2, 0.25) is 5.91 Å². The summed E-state index contributed by atoms with van der Waals surface area (Å²) in [7, 11) is 0. The summed E-state index contributed by atoms with van der Waals surface area (Å²) in [6.07, 6.45) is 1.76. The molecule has 4 atom stereocenters. The molecule has 4 heterocycles. The lowest BCUT2D eigenvalue weighted by atomic mass is 9.86. The molecule has 2 saturated heterocycles. The third kappa shape index (κ3) is 2.35. The number of hydrogen-bond acceptors (Lipinski definition) is 6. The van der Waals surface area contributed by atoms with E-state index in [-0.39, 0.29) is 30.0 Å². The molecule has 3 aromatic rings. The van der Waals surface area contributed by atoms with Crippen LogP contribution in [0.1, 0.15) is 22.5 Å². The second-order valence-electron chi connectivity index (χ2n) is 6.22. The van der Waals surface area contributed by atoms with Crippen LogP contribution in [0.25, 0.3) is 0 Å². The Labute approximate surface area is 153 Å². The maximum absolute atomic E-state index is 13.2. The third-order valence-corrected chi connectivity index (χ3v) is 6.65. The highest BCUT2D eigenvalue weighted by Crippen LogP contribution is 2.49. The van der Waals surface area contributed by atoms with Gasteiger partial charge >= 0.3 is 0 Å². The van der Waals surface area contributed by atoms with Crippen molar-refractivity contribution in [2.75, 3.05) is 4.90 Å². The Morgan fingerprint density at radius 3 is 2.52 bits per heavy atom. The number of rotatable bonds is 3. The monoisotopic (exact) mass is 368 g/mol. The Hall–Kier alpha value is -2.06. The molecule has 0 aliphatic carbocycles. The van der Waals surface area contributed by atoms with Crippen LogP contribution < -0.4 is 15.8 Å². The van der Waals surface area contributed by atoms with E-state index in [1.165, 1.54) is 16.2 Å². The topological polar surface area (TPSA) is 57.3 Å². The predicted molar refractivity (Wildman–Crippen MR) is 99.4 cm³/mol. The van der Waals surface area contributed by atoms with Gasteiger partial charge in [0.25, 0.3) is 0 Å². The fourth-order valence-electron chi connectivity index (χ4n) is 3.91. The lowest BCUT2D eigenvalue weighted by Gasteiger charge is -2.29. The number of thiazole rings is 1. The van der Waals surface area contributed by atoms with Crippen molar-refractivity contribution in [2.45, 2.75) is 18.1 Å². The van der Waals surface area contributed by atoms with Crippen LogP contribution in [0, 0.1) is 5.92 Å². The van der Waals surface area contributed by atoms with Crippen molar-refractivity contribution >= 4 is 33.7 Å². The van der Waals surface area contributed by atoms with Gasteiger partial charge in [-0.25, -0.2) is 15.8 Å². The Morgan fingerprint density at radius 2 is 1.80 bits per heavy atom. The average Bonchev–Trinajstić information content (AvgIpc) is 3.42. The summed E-state index contributed by atoms with van der Waals surface area (Å²) >= 11 is 3.23. The summed E-state index contributed by atoms with van der Waals surface area (Å²) in [5.41, 5.74) is 7.74. The number of benzene rings is 1. The number of carbonyl (C=O) groups is 1. The minimum Gasteiger partial charge on any atom is -0.279 e. The molecule has 2 aliphatic rings. The first-order chi connectivity index (χ1) is 12.3. The van der Waals surface area contributed by atoms with Gasteiger partial charge < -0.3 is 0 Å². The highest BCUT2D eigenvalue weighted by molar-refractivity contribution is 7.13. The molecule has 4 unspecified atom stereocenters. The molecule has 1 amide bonds. The van der Waals surface area contributed by atoms with E-state index in [9.17, 15) is 4.79 Å². The van der Waals surface area contributed by atoms with Crippen LogP contribution in [0.3, 0.4) is 0 Å². The van der Waals surface area contributed by atoms with E-state index in [1.54, 1.807) is 17.5 Å². The first kappa shape index (κ1) is 15.2. The first-order valence-electron chi connectivity index (χ1n) is 8.16. The number of amides is 1. The zero-order valence-electron chi connectivity index (χ0n) is 13.2. The number of anilines is 1. The van der Waals surface area contributed by atoms with E-state index in [0.29, 0.717) is 0 Å². The van der Waals surface area contributed by atoms with Crippen molar-refractivity contribution in [3.8, 4) is 0 Å². The molecular formula is C18H16N4OS2. The quantitative estimate of drug-likeness (QED) is 0.746. The molecular weight excluding hydrogens is 352 g/mol. The fourth-order valence-corrected chi connectivity index (χ4v) is 5.43. The van der Waals surface area contributed by atoms with Gasteiger partial charge in [-0.3, -0.25) is 9.69 Å². The number of aromatic nitrogens is 1. The van der Waals surface area contributed by atoms with Gasteiger partial charge in [-0.2, -0.15) is 0 Å². The van der Waals surface area contributed by atoms with Crippen LogP contribution in [0.4, 0.5) is 5.13 Å². The Balaban J connectivity index is 1.64. The van der Waals surface area contributed by atoms with Gasteiger partial charge in [0, 0.05) is 22.4 Å². The van der Waals surface area contributed by atoms with E-state index in [1.807, 2.05) is 28.5 Å². The summed E-state index contributed by atoms with van der Waals surface area (Å²) < 4.78 is 0. The van der Waals surface area contributed by atoms with Crippen molar-refractivity contribution in [1.29, 1.82) is 0 Å². The lowest BCUT2D eigenvalue weighted by molar-refractivity contribution is -0.119. The molecule has 2 aromatic heterocycles. The second kappa shape index (κ2) is 6.03. The molecule has 25 heavy (non-hydrogen) atoms. The predicted octanol–water partition coefficient (Wildman–Crippen LogP) is 3.13. The molecule has 5 nitrogen and oxygen atoms in total. The molecule has 1 aromatic carbocycles. The fraction of sp³-hybridized carbons (Fsp3) is 0.222. The number of hydrogen-bond donors (Lipinski definition) is 2. The van der Waals surface area contributed by atoms with Gasteiger partial charge in [0.15, 0.2) is 5.13 Å². The minimum absolute atomic E-state index is 0.0422. The second-order valence-corrected chi connectivity index (χ2v) is 8.07. The van der Waals surface area contributed by atoms with Crippen LogP contribution in [0.15, 0.2) is 59.4 Å². The summed E-state index contributed by atoms with van der Waals surface area (Å²) in [6, 6.07) is 14.3.